The molecule has 1 heterocycles. The predicted molar refractivity (Wildman–Crippen MR) is 65.4 cm³/mol. The standard InChI is InChI=1S/C11H23NO2S/c1-15-9-11(2-5-13)12-8-10-3-6-14-7-4-10/h10-13H,2-9H2,1H3. The molecule has 1 atom stereocenters. The second kappa shape index (κ2) is 8.39. The van der Waals surface area contributed by atoms with E-state index in [1.54, 1.807) is 0 Å². The van der Waals surface area contributed by atoms with Crippen LogP contribution in [-0.2, 0) is 4.74 Å². The Balaban J connectivity index is 2.13. The summed E-state index contributed by atoms with van der Waals surface area (Å²) in [6.45, 7) is 3.19. The molecule has 0 spiro atoms. The minimum Gasteiger partial charge on any atom is -0.396 e. The molecular formula is C11H23NO2S. The van der Waals surface area contributed by atoms with Crippen molar-refractivity contribution >= 4 is 11.8 Å². The van der Waals surface area contributed by atoms with Crippen LogP contribution in [0.3, 0.4) is 0 Å². The summed E-state index contributed by atoms with van der Waals surface area (Å²) >= 11 is 1.84. The van der Waals surface area contributed by atoms with Crippen molar-refractivity contribution in [1.29, 1.82) is 0 Å². The number of rotatable bonds is 7. The van der Waals surface area contributed by atoms with E-state index in [1.165, 1.54) is 12.8 Å². The van der Waals surface area contributed by atoms with Crippen molar-refractivity contribution in [3.05, 3.63) is 0 Å². The van der Waals surface area contributed by atoms with Crippen molar-refractivity contribution in [2.75, 3.05) is 38.4 Å². The van der Waals surface area contributed by atoms with Crippen molar-refractivity contribution in [3.63, 3.8) is 0 Å². The molecule has 0 saturated carbocycles. The molecule has 1 unspecified atom stereocenters. The Bertz CT molecular complexity index is 146. The summed E-state index contributed by atoms with van der Waals surface area (Å²) < 4.78 is 5.33. The molecule has 3 nitrogen and oxygen atoms in total. The van der Waals surface area contributed by atoms with Gasteiger partial charge in [0, 0.05) is 31.6 Å². The zero-order chi connectivity index (χ0) is 10.9. The highest BCUT2D eigenvalue weighted by molar-refractivity contribution is 7.98. The smallest absolute Gasteiger partial charge is 0.0469 e. The fraction of sp³-hybridized carbons (Fsp3) is 1.00. The van der Waals surface area contributed by atoms with Gasteiger partial charge in [0.15, 0.2) is 0 Å². The highest BCUT2D eigenvalue weighted by Gasteiger charge is 2.15. The van der Waals surface area contributed by atoms with E-state index in [1.807, 2.05) is 11.8 Å². The van der Waals surface area contributed by atoms with Crippen LogP contribution in [-0.4, -0.2) is 49.5 Å². The Kier molecular flexibility index (Phi) is 7.44. The monoisotopic (exact) mass is 233 g/mol. The van der Waals surface area contributed by atoms with E-state index in [0.717, 1.165) is 37.9 Å². The summed E-state index contributed by atoms with van der Waals surface area (Å²) in [6.07, 6.45) is 5.33. The molecular weight excluding hydrogens is 210 g/mol. The van der Waals surface area contributed by atoms with Crippen molar-refractivity contribution in [2.45, 2.75) is 25.3 Å². The number of aliphatic hydroxyl groups is 1. The van der Waals surface area contributed by atoms with E-state index < -0.39 is 0 Å². The van der Waals surface area contributed by atoms with E-state index in [-0.39, 0.29) is 6.61 Å². The van der Waals surface area contributed by atoms with Gasteiger partial charge in [0.25, 0.3) is 0 Å². The van der Waals surface area contributed by atoms with Crippen molar-refractivity contribution < 1.29 is 9.84 Å². The molecule has 0 amide bonds. The molecule has 0 aliphatic carbocycles. The van der Waals surface area contributed by atoms with Crippen LogP contribution in [0.2, 0.25) is 0 Å². The number of ether oxygens (including phenoxy) is 1. The first-order valence-corrected chi connectivity index (χ1v) is 7.17. The topological polar surface area (TPSA) is 41.5 Å². The van der Waals surface area contributed by atoms with Gasteiger partial charge in [-0.2, -0.15) is 11.8 Å². The number of aliphatic hydroxyl groups excluding tert-OH is 1. The quantitative estimate of drug-likeness (QED) is 0.691. The lowest BCUT2D eigenvalue weighted by molar-refractivity contribution is 0.0654. The summed E-state index contributed by atoms with van der Waals surface area (Å²) in [6, 6.07) is 0.466. The van der Waals surface area contributed by atoms with Gasteiger partial charge < -0.3 is 15.2 Å². The molecule has 90 valence electrons. The molecule has 2 N–H and O–H groups in total. The van der Waals surface area contributed by atoms with Gasteiger partial charge in [-0.05, 0) is 38.0 Å². The molecule has 15 heavy (non-hydrogen) atoms. The zero-order valence-corrected chi connectivity index (χ0v) is 10.4. The SMILES string of the molecule is CSCC(CCO)NCC1CCOCC1. The third-order valence-electron chi connectivity index (χ3n) is 2.88. The maximum Gasteiger partial charge on any atom is 0.0469 e. The Hall–Kier alpha value is 0.230. The van der Waals surface area contributed by atoms with Crippen LogP contribution in [0.1, 0.15) is 19.3 Å². The van der Waals surface area contributed by atoms with Gasteiger partial charge in [-0.25, -0.2) is 0 Å². The van der Waals surface area contributed by atoms with E-state index in [4.69, 9.17) is 9.84 Å². The Morgan fingerprint density at radius 2 is 2.20 bits per heavy atom. The van der Waals surface area contributed by atoms with Crippen molar-refractivity contribution in [3.8, 4) is 0 Å². The van der Waals surface area contributed by atoms with Crippen LogP contribution in [0.4, 0.5) is 0 Å². The maximum atomic E-state index is 8.93. The minimum atomic E-state index is 0.284. The second-order valence-corrected chi connectivity index (χ2v) is 5.04. The lowest BCUT2D eigenvalue weighted by Gasteiger charge is -2.25. The van der Waals surface area contributed by atoms with Crippen LogP contribution in [0.25, 0.3) is 0 Å². The van der Waals surface area contributed by atoms with Crippen LogP contribution in [0, 0.1) is 5.92 Å². The highest BCUT2D eigenvalue weighted by Crippen LogP contribution is 2.14. The van der Waals surface area contributed by atoms with Gasteiger partial charge in [-0.3, -0.25) is 0 Å². The van der Waals surface area contributed by atoms with Gasteiger partial charge in [-0.15, -0.1) is 0 Å². The number of hydrogen-bond donors (Lipinski definition) is 2. The lowest BCUT2D eigenvalue weighted by Crippen LogP contribution is -2.37. The highest BCUT2D eigenvalue weighted by atomic mass is 32.2. The van der Waals surface area contributed by atoms with Gasteiger partial charge in [-0.1, -0.05) is 0 Å². The first-order chi connectivity index (χ1) is 7.36. The first kappa shape index (κ1) is 13.3. The Morgan fingerprint density at radius 1 is 1.47 bits per heavy atom. The Labute approximate surface area is 97.0 Å². The molecule has 0 radical (unpaired) electrons. The third kappa shape index (κ3) is 5.76. The summed E-state index contributed by atoms with van der Waals surface area (Å²) in [7, 11) is 0. The maximum absolute atomic E-state index is 8.93. The van der Waals surface area contributed by atoms with E-state index in [2.05, 4.69) is 11.6 Å². The minimum absolute atomic E-state index is 0.284. The van der Waals surface area contributed by atoms with Crippen LogP contribution in [0.5, 0.6) is 0 Å². The molecule has 0 aromatic rings. The van der Waals surface area contributed by atoms with Gasteiger partial charge >= 0.3 is 0 Å². The Morgan fingerprint density at radius 3 is 2.80 bits per heavy atom. The molecule has 1 rings (SSSR count). The molecule has 1 aliphatic heterocycles. The fourth-order valence-corrected chi connectivity index (χ4v) is 2.57. The second-order valence-electron chi connectivity index (χ2n) is 4.13. The zero-order valence-electron chi connectivity index (χ0n) is 9.58. The van der Waals surface area contributed by atoms with Crippen LogP contribution in [0.15, 0.2) is 0 Å². The third-order valence-corrected chi connectivity index (χ3v) is 3.62. The number of hydrogen-bond acceptors (Lipinski definition) is 4. The average Bonchev–Trinajstić information content (AvgIpc) is 2.28. The van der Waals surface area contributed by atoms with Gasteiger partial charge in [0.2, 0.25) is 0 Å². The predicted octanol–water partition coefficient (Wildman–Crippen LogP) is 1.12. The molecule has 0 aromatic carbocycles. The molecule has 1 saturated heterocycles. The summed E-state index contributed by atoms with van der Waals surface area (Å²) in [5.74, 6) is 1.85. The largest absolute Gasteiger partial charge is 0.396 e. The van der Waals surface area contributed by atoms with Gasteiger partial charge in [0.05, 0.1) is 0 Å². The van der Waals surface area contributed by atoms with E-state index in [9.17, 15) is 0 Å². The average molecular weight is 233 g/mol. The normalized spacial score (nSPS) is 20.4. The fourth-order valence-electron chi connectivity index (χ4n) is 1.89. The summed E-state index contributed by atoms with van der Waals surface area (Å²) in [5, 5.41) is 12.5. The molecule has 0 bridgehead atoms. The molecule has 0 aromatic heterocycles. The summed E-state index contributed by atoms with van der Waals surface area (Å²) in [5.41, 5.74) is 0. The molecule has 1 aliphatic rings. The number of thioether (sulfide) groups is 1. The van der Waals surface area contributed by atoms with E-state index >= 15 is 0 Å². The molecule has 1 fully saturated rings. The van der Waals surface area contributed by atoms with E-state index in [0.29, 0.717) is 6.04 Å². The van der Waals surface area contributed by atoms with Gasteiger partial charge in [0.1, 0.15) is 0 Å². The van der Waals surface area contributed by atoms with Crippen LogP contribution < -0.4 is 5.32 Å². The number of nitrogens with one attached hydrogen (secondary N) is 1. The van der Waals surface area contributed by atoms with Crippen LogP contribution >= 0.6 is 11.8 Å². The van der Waals surface area contributed by atoms with Crippen molar-refractivity contribution in [2.24, 2.45) is 5.92 Å². The summed E-state index contributed by atoms with van der Waals surface area (Å²) in [4.78, 5) is 0. The lowest BCUT2D eigenvalue weighted by atomic mass is 10.00. The molecule has 4 heteroatoms. The first-order valence-electron chi connectivity index (χ1n) is 5.77. The van der Waals surface area contributed by atoms with Crippen molar-refractivity contribution in [1.82, 2.24) is 5.32 Å².